The number of H-pyrrole nitrogens is 1. The largest absolute Gasteiger partial charge is 0.357 e. The van der Waals surface area contributed by atoms with Crippen LogP contribution >= 0.6 is 35.3 Å². The van der Waals surface area contributed by atoms with E-state index in [2.05, 4.69) is 51.3 Å². The van der Waals surface area contributed by atoms with Crippen molar-refractivity contribution in [3.05, 3.63) is 45.7 Å². The van der Waals surface area contributed by atoms with Crippen LogP contribution in [0.2, 0.25) is 0 Å². The van der Waals surface area contributed by atoms with Crippen LogP contribution in [0.25, 0.3) is 11.0 Å². The van der Waals surface area contributed by atoms with Gasteiger partial charge in [0, 0.05) is 37.4 Å². The molecule has 3 N–H and O–H groups in total. The zero-order valence-electron chi connectivity index (χ0n) is 16.0. The molecule has 1 aromatic carbocycles. The fraction of sp³-hybridized carbons (Fsp3) is 0.421. The van der Waals surface area contributed by atoms with Crippen molar-refractivity contribution in [3.8, 4) is 0 Å². The number of rotatable bonds is 7. The molecule has 0 unspecified atom stereocenters. The highest BCUT2D eigenvalue weighted by Gasteiger charge is 2.05. The molecule has 2 aromatic heterocycles. The first-order valence-corrected chi connectivity index (χ1v) is 9.86. The van der Waals surface area contributed by atoms with E-state index in [0.29, 0.717) is 0 Å². The maximum Gasteiger partial charge on any atom is 0.191 e. The Hall–Kier alpha value is -1.68. The minimum absolute atomic E-state index is 0. The van der Waals surface area contributed by atoms with Gasteiger partial charge < -0.3 is 15.6 Å². The summed E-state index contributed by atoms with van der Waals surface area (Å²) in [5, 5.41) is 7.82. The first kappa shape index (κ1) is 21.6. The third-order valence-electron chi connectivity index (χ3n) is 4.11. The van der Waals surface area contributed by atoms with E-state index in [0.717, 1.165) is 66.0 Å². The third-order valence-corrected chi connectivity index (χ3v) is 5.24. The topological polar surface area (TPSA) is 78.0 Å². The van der Waals surface area contributed by atoms with Gasteiger partial charge in [0.15, 0.2) is 5.96 Å². The van der Waals surface area contributed by atoms with Crippen LogP contribution in [0.3, 0.4) is 0 Å². The minimum atomic E-state index is 0. The summed E-state index contributed by atoms with van der Waals surface area (Å²) < 4.78 is 0. The van der Waals surface area contributed by atoms with Crippen molar-refractivity contribution in [2.45, 2.75) is 33.6 Å². The van der Waals surface area contributed by atoms with Crippen molar-refractivity contribution in [2.24, 2.45) is 4.99 Å². The summed E-state index contributed by atoms with van der Waals surface area (Å²) in [7, 11) is 0. The number of aryl methyl sites for hydroxylation is 2. The zero-order chi connectivity index (χ0) is 18.4. The summed E-state index contributed by atoms with van der Waals surface area (Å²) in [6.45, 7) is 8.59. The van der Waals surface area contributed by atoms with Gasteiger partial charge in [-0.2, -0.15) is 0 Å². The molecular formula is C19H27IN6S. The standard InChI is InChI=1S/C19H26N6S.HI/c1-4-20-19(22-12-10-18-23-13(2)14(3)26-18)21-11-9-17-24-15-7-5-6-8-16(15)25-17;/h5-8H,4,9-12H2,1-3H3,(H,24,25)(H2,20,21,22);1H. The second-order valence-electron chi connectivity index (χ2n) is 6.14. The minimum Gasteiger partial charge on any atom is -0.357 e. The lowest BCUT2D eigenvalue weighted by atomic mass is 10.3. The molecule has 8 heteroatoms. The molecule has 0 saturated heterocycles. The lowest BCUT2D eigenvalue weighted by Gasteiger charge is -2.10. The van der Waals surface area contributed by atoms with Crippen LogP contribution in [-0.4, -0.2) is 40.5 Å². The van der Waals surface area contributed by atoms with Crippen LogP contribution in [0.5, 0.6) is 0 Å². The van der Waals surface area contributed by atoms with Crippen LogP contribution in [-0.2, 0) is 12.8 Å². The average molecular weight is 498 g/mol. The summed E-state index contributed by atoms with van der Waals surface area (Å²) in [5.74, 6) is 1.83. The van der Waals surface area contributed by atoms with Crippen LogP contribution in [0.4, 0.5) is 0 Å². The number of hydrogen-bond acceptors (Lipinski definition) is 4. The summed E-state index contributed by atoms with van der Waals surface area (Å²) in [4.78, 5) is 18.5. The molecule has 0 amide bonds. The van der Waals surface area contributed by atoms with Gasteiger partial charge in [-0.05, 0) is 32.9 Å². The number of para-hydroxylation sites is 2. The highest BCUT2D eigenvalue weighted by atomic mass is 127. The number of halogens is 1. The summed E-state index contributed by atoms with van der Waals surface area (Å²) in [6, 6.07) is 8.10. The molecule has 3 rings (SSSR count). The first-order chi connectivity index (χ1) is 12.7. The third kappa shape index (κ3) is 6.17. The molecule has 2 heterocycles. The number of imidazole rings is 1. The molecule has 0 atom stereocenters. The number of thiazole rings is 1. The van der Waals surface area contributed by atoms with Crippen molar-refractivity contribution in [1.82, 2.24) is 25.6 Å². The smallest absolute Gasteiger partial charge is 0.191 e. The van der Waals surface area contributed by atoms with Gasteiger partial charge in [-0.1, -0.05) is 12.1 Å². The number of nitrogens with one attached hydrogen (secondary N) is 3. The van der Waals surface area contributed by atoms with E-state index in [-0.39, 0.29) is 24.0 Å². The number of aromatic nitrogens is 3. The molecule has 27 heavy (non-hydrogen) atoms. The van der Waals surface area contributed by atoms with Crippen LogP contribution in [0.1, 0.15) is 28.3 Å². The van der Waals surface area contributed by atoms with Gasteiger partial charge >= 0.3 is 0 Å². The van der Waals surface area contributed by atoms with Crippen LogP contribution in [0, 0.1) is 13.8 Å². The van der Waals surface area contributed by atoms with E-state index in [4.69, 9.17) is 0 Å². The molecule has 6 nitrogen and oxygen atoms in total. The number of fused-ring (bicyclic) bond motifs is 1. The van der Waals surface area contributed by atoms with Gasteiger partial charge in [0.1, 0.15) is 5.82 Å². The molecule has 0 aliphatic rings. The summed E-state index contributed by atoms with van der Waals surface area (Å²) >= 11 is 1.76. The molecule has 0 radical (unpaired) electrons. The maximum absolute atomic E-state index is 4.65. The fourth-order valence-electron chi connectivity index (χ4n) is 2.67. The molecule has 0 saturated carbocycles. The van der Waals surface area contributed by atoms with E-state index in [1.807, 2.05) is 24.3 Å². The Morgan fingerprint density at radius 1 is 1.15 bits per heavy atom. The number of aromatic amines is 1. The summed E-state index contributed by atoms with van der Waals surface area (Å²) in [5.41, 5.74) is 3.22. The number of hydrogen-bond donors (Lipinski definition) is 3. The second-order valence-corrected chi connectivity index (χ2v) is 7.43. The molecule has 0 bridgehead atoms. The number of benzene rings is 1. The molecule has 0 spiro atoms. The number of aliphatic imine (C=N–C) groups is 1. The Morgan fingerprint density at radius 2 is 1.96 bits per heavy atom. The van der Waals surface area contributed by atoms with E-state index < -0.39 is 0 Å². The van der Waals surface area contributed by atoms with Gasteiger partial charge in [-0.15, -0.1) is 35.3 Å². The highest BCUT2D eigenvalue weighted by molar-refractivity contribution is 14.0. The van der Waals surface area contributed by atoms with Crippen LogP contribution in [0.15, 0.2) is 29.3 Å². The van der Waals surface area contributed by atoms with Gasteiger partial charge in [-0.3, -0.25) is 4.99 Å². The van der Waals surface area contributed by atoms with Gasteiger partial charge in [0.05, 0.1) is 21.7 Å². The number of guanidine groups is 1. The van der Waals surface area contributed by atoms with Gasteiger partial charge in [-0.25, -0.2) is 9.97 Å². The predicted octanol–water partition coefficient (Wildman–Crippen LogP) is 3.59. The molecule has 3 aromatic rings. The van der Waals surface area contributed by atoms with Crippen molar-refractivity contribution in [3.63, 3.8) is 0 Å². The predicted molar refractivity (Wildman–Crippen MR) is 124 cm³/mol. The van der Waals surface area contributed by atoms with E-state index in [1.165, 1.54) is 4.88 Å². The monoisotopic (exact) mass is 498 g/mol. The highest BCUT2D eigenvalue weighted by Crippen LogP contribution is 2.16. The Labute approximate surface area is 181 Å². The maximum atomic E-state index is 4.65. The molecule has 0 aliphatic carbocycles. The van der Waals surface area contributed by atoms with Gasteiger partial charge in [0.25, 0.3) is 0 Å². The Morgan fingerprint density at radius 3 is 2.67 bits per heavy atom. The Balaban J connectivity index is 0.00000261. The van der Waals surface area contributed by atoms with E-state index >= 15 is 0 Å². The average Bonchev–Trinajstić information content (AvgIpc) is 3.17. The van der Waals surface area contributed by atoms with Crippen molar-refractivity contribution >= 4 is 52.3 Å². The summed E-state index contributed by atoms with van der Waals surface area (Å²) in [6.07, 6.45) is 1.70. The fourth-order valence-corrected chi connectivity index (χ4v) is 3.60. The zero-order valence-corrected chi connectivity index (χ0v) is 19.1. The Bertz CT molecular complexity index is 833. The van der Waals surface area contributed by atoms with Crippen molar-refractivity contribution in [1.29, 1.82) is 0 Å². The molecule has 0 fully saturated rings. The van der Waals surface area contributed by atoms with Crippen LogP contribution < -0.4 is 10.6 Å². The van der Waals surface area contributed by atoms with Crippen molar-refractivity contribution < 1.29 is 0 Å². The lowest BCUT2D eigenvalue weighted by Crippen LogP contribution is -2.38. The molecular weight excluding hydrogens is 471 g/mol. The number of nitrogens with zero attached hydrogens (tertiary/aromatic N) is 3. The first-order valence-electron chi connectivity index (χ1n) is 9.04. The van der Waals surface area contributed by atoms with E-state index in [1.54, 1.807) is 11.3 Å². The SMILES string of the molecule is CCNC(=NCCc1nc(C)c(C)s1)NCCc1nc2ccccc2[nH]1.I. The lowest BCUT2D eigenvalue weighted by molar-refractivity contribution is 0.778. The quantitative estimate of drug-likeness (QED) is 0.264. The van der Waals surface area contributed by atoms with Crippen molar-refractivity contribution in [2.75, 3.05) is 19.6 Å². The molecule has 0 aliphatic heterocycles. The second kappa shape index (κ2) is 10.6. The van der Waals surface area contributed by atoms with Gasteiger partial charge in [0.2, 0.25) is 0 Å². The van der Waals surface area contributed by atoms with E-state index in [9.17, 15) is 0 Å². The normalized spacial score (nSPS) is 11.4. The Kier molecular flexibility index (Phi) is 8.49. The molecule has 146 valence electrons.